The molecule has 2 atom stereocenters. The number of rotatable bonds is 10. The van der Waals surface area contributed by atoms with Gasteiger partial charge in [-0.05, 0) is 37.8 Å². The summed E-state index contributed by atoms with van der Waals surface area (Å²) < 4.78 is 0. The van der Waals surface area contributed by atoms with Crippen molar-refractivity contribution in [3.05, 3.63) is 71.3 Å². The van der Waals surface area contributed by atoms with Gasteiger partial charge >= 0.3 is 0 Å². The number of aryl methyl sites for hydroxylation is 1. The summed E-state index contributed by atoms with van der Waals surface area (Å²) in [6, 6.07) is 17.6. The third kappa shape index (κ3) is 7.04. The molecule has 0 radical (unpaired) electrons. The van der Waals surface area contributed by atoms with E-state index in [4.69, 9.17) is 0 Å². The molecular formula is C25H34N2O2. The van der Waals surface area contributed by atoms with Crippen molar-refractivity contribution >= 4 is 11.8 Å². The summed E-state index contributed by atoms with van der Waals surface area (Å²) in [5.74, 6) is -0.0606. The van der Waals surface area contributed by atoms with Crippen LogP contribution >= 0.6 is 0 Å². The Morgan fingerprint density at radius 3 is 2.31 bits per heavy atom. The van der Waals surface area contributed by atoms with Crippen molar-refractivity contribution in [3.63, 3.8) is 0 Å². The third-order valence-electron chi connectivity index (χ3n) is 5.17. The second-order valence-electron chi connectivity index (χ2n) is 7.78. The van der Waals surface area contributed by atoms with E-state index < -0.39 is 6.04 Å². The number of benzene rings is 2. The summed E-state index contributed by atoms with van der Waals surface area (Å²) >= 11 is 0. The second-order valence-corrected chi connectivity index (χ2v) is 7.78. The minimum Gasteiger partial charge on any atom is -0.352 e. The van der Waals surface area contributed by atoms with Crippen molar-refractivity contribution in [2.24, 2.45) is 0 Å². The van der Waals surface area contributed by atoms with Gasteiger partial charge in [0.15, 0.2) is 0 Å². The average Bonchev–Trinajstić information content (AvgIpc) is 2.71. The fourth-order valence-corrected chi connectivity index (χ4v) is 3.36. The van der Waals surface area contributed by atoms with Gasteiger partial charge in [-0.15, -0.1) is 0 Å². The fraction of sp³-hybridized carbons (Fsp3) is 0.440. The van der Waals surface area contributed by atoms with Gasteiger partial charge in [0.25, 0.3) is 0 Å². The first kappa shape index (κ1) is 22.7. The lowest BCUT2D eigenvalue weighted by molar-refractivity contribution is -0.141. The Morgan fingerprint density at radius 1 is 1.00 bits per heavy atom. The standard InChI is InChI=1S/C25H34N2O2/c1-5-11-24(28)27(18-22-15-10-12-19(3)16-22)23(25(29)26-20(4)6-2)17-21-13-8-7-9-14-21/h7-10,12-16,20,23H,5-6,11,17-18H2,1-4H3,(H,26,29). The number of nitrogens with zero attached hydrogens (tertiary/aromatic N) is 1. The summed E-state index contributed by atoms with van der Waals surface area (Å²) in [6.07, 6.45) is 2.55. The van der Waals surface area contributed by atoms with Gasteiger partial charge in [0.1, 0.15) is 6.04 Å². The number of amides is 2. The molecule has 29 heavy (non-hydrogen) atoms. The first-order valence-electron chi connectivity index (χ1n) is 10.6. The minimum atomic E-state index is -0.536. The molecule has 2 amide bonds. The quantitative estimate of drug-likeness (QED) is 0.638. The Hall–Kier alpha value is -2.62. The molecule has 0 aromatic heterocycles. The SMILES string of the molecule is CCCC(=O)N(Cc1cccc(C)c1)C(Cc1ccccc1)C(=O)NC(C)CC. The maximum Gasteiger partial charge on any atom is 0.243 e. The van der Waals surface area contributed by atoms with E-state index >= 15 is 0 Å². The highest BCUT2D eigenvalue weighted by Gasteiger charge is 2.30. The highest BCUT2D eigenvalue weighted by molar-refractivity contribution is 5.88. The zero-order valence-electron chi connectivity index (χ0n) is 18.2. The maximum absolute atomic E-state index is 13.2. The minimum absolute atomic E-state index is 0.0224. The first-order chi connectivity index (χ1) is 13.9. The molecule has 4 heteroatoms. The van der Waals surface area contributed by atoms with Gasteiger partial charge in [0.2, 0.25) is 11.8 Å². The van der Waals surface area contributed by atoms with Crippen molar-refractivity contribution < 1.29 is 9.59 Å². The summed E-state index contributed by atoms with van der Waals surface area (Å²) in [5.41, 5.74) is 3.24. The monoisotopic (exact) mass is 394 g/mol. The molecule has 0 bridgehead atoms. The maximum atomic E-state index is 13.2. The second kappa shape index (κ2) is 11.4. The molecule has 1 N–H and O–H groups in total. The van der Waals surface area contributed by atoms with Gasteiger partial charge in [0.05, 0.1) is 0 Å². The molecule has 2 aromatic rings. The molecule has 0 aliphatic heterocycles. The summed E-state index contributed by atoms with van der Waals surface area (Å²) in [7, 11) is 0. The number of hydrogen-bond donors (Lipinski definition) is 1. The van der Waals surface area contributed by atoms with Gasteiger partial charge in [-0.1, -0.05) is 74.0 Å². The number of carbonyl (C=O) groups excluding carboxylic acids is 2. The first-order valence-corrected chi connectivity index (χ1v) is 10.6. The van der Waals surface area contributed by atoms with E-state index in [2.05, 4.69) is 11.4 Å². The Labute approximate surface area is 175 Å². The average molecular weight is 395 g/mol. The number of hydrogen-bond acceptors (Lipinski definition) is 2. The van der Waals surface area contributed by atoms with Crippen molar-refractivity contribution in [2.75, 3.05) is 0 Å². The molecule has 0 heterocycles. The molecule has 2 unspecified atom stereocenters. The Balaban J connectivity index is 2.37. The van der Waals surface area contributed by atoms with Crippen LogP contribution in [-0.2, 0) is 22.6 Å². The predicted octanol–water partition coefficient (Wildman–Crippen LogP) is 4.65. The molecule has 0 saturated heterocycles. The van der Waals surface area contributed by atoms with E-state index in [0.717, 1.165) is 29.5 Å². The van der Waals surface area contributed by atoms with Crippen LogP contribution in [0.3, 0.4) is 0 Å². The molecule has 4 nitrogen and oxygen atoms in total. The van der Waals surface area contributed by atoms with Gasteiger partial charge in [-0.25, -0.2) is 0 Å². The Kier molecular flexibility index (Phi) is 8.91. The van der Waals surface area contributed by atoms with Crippen LogP contribution in [0.4, 0.5) is 0 Å². The lowest BCUT2D eigenvalue weighted by Crippen LogP contribution is -2.52. The molecule has 2 rings (SSSR count). The normalized spacial score (nSPS) is 12.8. The van der Waals surface area contributed by atoms with E-state index in [1.165, 1.54) is 0 Å². The molecule has 2 aromatic carbocycles. The van der Waals surface area contributed by atoms with Crippen LogP contribution < -0.4 is 5.32 Å². The molecule has 0 aliphatic rings. The van der Waals surface area contributed by atoms with Crippen molar-refractivity contribution in [3.8, 4) is 0 Å². The highest BCUT2D eigenvalue weighted by Crippen LogP contribution is 2.17. The van der Waals surface area contributed by atoms with E-state index in [-0.39, 0.29) is 17.9 Å². The molecule has 0 fully saturated rings. The van der Waals surface area contributed by atoms with E-state index in [1.54, 1.807) is 4.90 Å². The highest BCUT2D eigenvalue weighted by atomic mass is 16.2. The Bertz CT molecular complexity index is 788. The predicted molar refractivity (Wildman–Crippen MR) is 118 cm³/mol. The molecule has 156 valence electrons. The molecular weight excluding hydrogens is 360 g/mol. The number of carbonyl (C=O) groups is 2. The van der Waals surface area contributed by atoms with Crippen LogP contribution in [0.5, 0.6) is 0 Å². The van der Waals surface area contributed by atoms with Crippen molar-refractivity contribution in [1.82, 2.24) is 10.2 Å². The zero-order chi connectivity index (χ0) is 21.2. The van der Waals surface area contributed by atoms with Crippen LogP contribution in [-0.4, -0.2) is 28.8 Å². The third-order valence-corrected chi connectivity index (χ3v) is 5.17. The molecule has 0 saturated carbocycles. The topological polar surface area (TPSA) is 49.4 Å². The summed E-state index contributed by atoms with van der Waals surface area (Å²) in [5, 5.41) is 3.09. The largest absolute Gasteiger partial charge is 0.352 e. The smallest absolute Gasteiger partial charge is 0.243 e. The van der Waals surface area contributed by atoms with E-state index in [9.17, 15) is 9.59 Å². The van der Waals surface area contributed by atoms with Crippen LogP contribution in [0.15, 0.2) is 54.6 Å². The number of nitrogens with one attached hydrogen (secondary N) is 1. The van der Waals surface area contributed by atoms with E-state index in [1.807, 2.05) is 76.2 Å². The van der Waals surface area contributed by atoms with Gasteiger partial charge in [-0.2, -0.15) is 0 Å². The van der Waals surface area contributed by atoms with Gasteiger partial charge in [-0.3, -0.25) is 9.59 Å². The van der Waals surface area contributed by atoms with Gasteiger partial charge in [0, 0.05) is 25.4 Å². The van der Waals surface area contributed by atoms with Crippen molar-refractivity contribution in [2.45, 2.75) is 72.0 Å². The van der Waals surface area contributed by atoms with Crippen LogP contribution in [0.1, 0.15) is 56.7 Å². The summed E-state index contributed by atoms with van der Waals surface area (Å²) in [4.78, 5) is 28.1. The molecule has 0 spiro atoms. The lowest BCUT2D eigenvalue weighted by atomic mass is 10.0. The van der Waals surface area contributed by atoms with Crippen molar-refractivity contribution in [1.29, 1.82) is 0 Å². The Morgan fingerprint density at radius 2 is 1.69 bits per heavy atom. The van der Waals surface area contributed by atoms with Gasteiger partial charge < -0.3 is 10.2 Å². The van der Waals surface area contributed by atoms with Crippen LogP contribution in [0.25, 0.3) is 0 Å². The summed E-state index contributed by atoms with van der Waals surface area (Å²) in [6.45, 7) is 8.51. The van der Waals surface area contributed by atoms with Crippen LogP contribution in [0.2, 0.25) is 0 Å². The molecule has 0 aliphatic carbocycles. The van der Waals surface area contributed by atoms with E-state index in [0.29, 0.717) is 19.4 Å². The fourth-order valence-electron chi connectivity index (χ4n) is 3.36. The van der Waals surface area contributed by atoms with Crippen LogP contribution in [0, 0.1) is 6.92 Å². The zero-order valence-corrected chi connectivity index (χ0v) is 18.2. The lowest BCUT2D eigenvalue weighted by Gasteiger charge is -2.32.